The molecule has 2 rings (SSSR count). The fraction of sp³-hybridized carbons (Fsp3) is 0.526. The van der Waals surface area contributed by atoms with Crippen LogP contribution in [0.15, 0.2) is 24.3 Å². The van der Waals surface area contributed by atoms with E-state index in [4.69, 9.17) is 9.47 Å². The average molecular weight is 317 g/mol. The first-order valence-electron chi connectivity index (χ1n) is 8.65. The van der Waals surface area contributed by atoms with Crippen LogP contribution in [-0.2, 0) is 4.79 Å². The van der Waals surface area contributed by atoms with Crippen molar-refractivity contribution < 1.29 is 14.3 Å². The zero-order chi connectivity index (χ0) is 16.3. The average Bonchev–Trinajstić information content (AvgIpc) is 3.03. The van der Waals surface area contributed by atoms with Crippen molar-refractivity contribution in [1.82, 2.24) is 5.32 Å². The molecule has 1 aromatic carbocycles. The Hall–Kier alpha value is -1.97. The van der Waals surface area contributed by atoms with E-state index in [1.165, 1.54) is 38.5 Å². The molecule has 1 aromatic rings. The van der Waals surface area contributed by atoms with E-state index < -0.39 is 0 Å². The summed E-state index contributed by atoms with van der Waals surface area (Å²) < 4.78 is 10.6. The molecule has 126 valence electrons. The topological polar surface area (TPSA) is 47.6 Å². The highest BCUT2D eigenvalue weighted by Crippen LogP contribution is 2.32. The SMILES string of the molecule is CCCCCCCCCNC(=O)C=Cc1ccc2c(c1)OCO2. The van der Waals surface area contributed by atoms with Crippen LogP contribution in [0.25, 0.3) is 6.08 Å². The lowest BCUT2D eigenvalue weighted by Crippen LogP contribution is -2.21. The van der Waals surface area contributed by atoms with E-state index in [1.807, 2.05) is 18.2 Å². The van der Waals surface area contributed by atoms with Gasteiger partial charge in [-0.05, 0) is 30.2 Å². The Labute approximate surface area is 138 Å². The van der Waals surface area contributed by atoms with Gasteiger partial charge < -0.3 is 14.8 Å². The summed E-state index contributed by atoms with van der Waals surface area (Å²) in [4.78, 5) is 11.8. The summed E-state index contributed by atoms with van der Waals surface area (Å²) in [6.07, 6.45) is 12.1. The summed E-state index contributed by atoms with van der Waals surface area (Å²) in [6, 6.07) is 5.65. The number of amides is 1. The molecule has 0 fully saturated rings. The summed E-state index contributed by atoms with van der Waals surface area (Å²) in [7, 11) is 0. The van der Waals surface area contributed by atoms with Crippen LogP contribution in [0.2, 0.25) is 0 Å². The summed E-state index contributed by atoms with van der Waals surface area (Å²) in [5.41, 5.74) is 0.931. The molecule has 1 heterocycles. The van der Waals surface area contributed by atoms with Gasteiger partial charge in [-0.1, -0.05) is 51.5 Å². The molecule has 0 saturated heterocycles. The summed E-state index contributed by atoms with van der Waals surface area (Å²) in [5, 5.41) is 2.93. The third-order valence-corrected chi connectivity index (χ3v) is 3.90. The molecule has 0 spiro atoms. The van der Waals surface area contributed by atoms with Crippen molar-refractivity contribution in [2.75, 3.05) is 13.3 Å². The van der Waals surface area contributed by atoms with Crippen molar-refractivity contribution in [2.45, 2.75) is 51.9 Å². The molecule has 0 bridgehead atoms. The van der Waals surface area contributed by atoms with Crippen molar-refractivity contribution in [3.8, 4) is 11.5 Å². The summed E-state index contributed by atoms with van der Waals surface area (Å²) in [6.45, 7) is 3.24. The maximum Gasteiger partial charge on any atom is 0.243 e. The monoisotopic (exact) mass is 317 g/mol. The van der Waals surface area contributed by atoms with Crippen LogP contribution in [0.4, 0.5) is 0 Å². The number of unbranched alkanes of at least 4 members (excludes halogenated alkanes) is 6. The van der Waals surface area contributed by atoms with Gasteiger partial charge in [-0.3, -0.25) is 4.79 Å². The number of hydrogen-bond acceptors (Lipinski definition) is 3. The second-order valence-electron chi connectivity index (χ2n) is 5.86. The predicted molar refractivity (Wildman–Crippen MR) is 92.6 cm³/mol. The molecule has 1 aliphatic rings. The smallest absolute Gasteiger partial charge is 0.243 e. The Morgan fingerprint density at radius 3 is 2.65 bits per heavy atom. The Morgan fingerprint density at radius 1 is 1.09 bits per heavy atom. The molecule has 1 N–H and O–H groups in total. The lowest BCUT2D eigenvalue weighted by molar-refractivity contribution is -0.116. The number of rotatable bonds is 10. The minimum absolute atomic E-state index is 0.0475. The number of carbonyl (C=O) groups excluding carboxylic acids is 1. The molecule has 0 radical (unpaired) electrons. The van der Waals surface area contributed by atoms with E-state index in [0.29, 0.717) is 0 Å². The lowest BCUT2D eigenvalue weighted by Gasteiger charge is -2.03. The van der Waals surface area contributed by atoms with Crippen LogP contribution < -0.4 is 14.8 Å². The van der Waals surface area contributed by atoms with Crippen LogP contribution in [0.1, 0.15) is 57.4 Å². The van der Waals surface area contributed by atoms with Gasteiger partial charge in [0.15, 0.2) is 11.5 Å². The highest BCUT2D eigenvalue weighted by atomic mass is 16.7. The molecule has 4 nitrogen and oxygen atoms in total. The van der Waals surface area contributed by atoms with Gasteiger partial charge in [0, 0.05) is 12.6 Å². The highest BCUT2D eigenvalue weighted by Gasteiger charge is 2.12. The maximum absolute atomic E-state index is 11.8. The Kier molecular flexibility index (Phi) is 7.50. The van der Waals surface area contributed by atoms with Gasteiger partial charge in [-0.2, -0.15) is 0 Å². The number of ether oxygens (including phenoxy) is 2. The summed E-state index contributed by atoms with van der Waals surface area (Å²) in [5.74, 6) is 1.44. The molecule has 0 aliphatic carbocycles. The van der Waals surface area contributed by atoms with E-state index in [2.05, 4.69) is 12.2 Å². The largest absolute Gasteiger partial charge is 0.454 e. The van der Waals surface area contributed by atoms with Gasteiger partial charge in [0.25, 0.3) is 0 Å². The van der Waals surface area contributed by atoms with Gasteiger partial charge in [0.2, 0.25) is 12.7 Å². The maximum atomic E-state index is 11.8. The quantitative estimate of drug-likeness (QED) is 0.517. The van der Waals surface area contributed by atoms with E-state index in [-0.39, 0.29) is 12.7 Å². The number of benzene rings is 1. The molecule has 0 atom stereocenters. The lowest BCUT2D eigenvalue weighted by atomic mass is 10.1. The van der Waals surface area contributed by atoms with Gasteiger partial charge >= 0.3 is 0 Å². The zero-order valence-corrected chi connectivity index (χ0v) is 14.0. The van der Waals surface area contributed by atoms with E-state index in [1.54, 1.807) is 12.2 Å². The number of nitrogens with one attached hydrogen (secondary N) is 1. The Morgan fingerprint density at radius 2 is 1.83 bits per heavy atom. The van der Waals surface area contributed by atoms with Crippen LogP contribution in [-0.4, -0.2) is 19.2 Å². The molecule has 23 heavy (non-hydrogen) atoms. The molecule has 0 saturated carbocycles. The number of hydrogen-bond donors (Lipinski definition) is 1. The number of carbonyl (C=O) groups is 1. The molecule has 1 aliphatic heterocycles. The normalized spacial score (nSPS) is 12.7. The first-order valence-corrected chi connectivity index (χ1v) is 8.65. The molecule has 1 amide bonds. The third kappa shape index (κ3) is 6.35. The first-order chi connectivity index (χ1) is 11.3. The molecular weight excluding hydrogens is 290 g/mol. The van der Waals surface area contributed by atoms with Gasteiger partial charge in [-0.15, -0.1) is 0 Å². The fourth-order valence-corrected chi connectivity index (χ4v) is 2.54. The standard InChI is InChI=1S/C19H27NO3/c1-2-3-4-5-6-7-8-13-20-19(21)12-10-16-9-11-17-18(14-16)23-15-22-17/h9-12,14H,2-8,13,15H2,1H3,(H,20,21). The van der Waals surface area contributed by atoms with E-state index in [0.717, 1.165) is 30.0 Å². The Balaban J connectivity index is 1.59. The zero-order valence-electron chi connectivity index (χ0n) is 14.0. The second kappa shape index (κ2) is 9.93. The van der Waals surface area contributed by atoms with Crippen LogP contribution in [0.3, 0.4) is 0 Å². The molecule has 4 heteroatoms. The van der Waals surface area contributed by atoms with Crippen molar-refractivity contribution in [3.63, 3.8) is 0 Å². The minimum Gasteiger partial charge on any atom is -0.454 e. The van der Waals surface area contributed by atoms with Crippen LogP contribution >= 0.6 is 0 Å². The highest BCUT2D eigenvalue weighted by molar-refractivity contribution is 5.91. The molecule has 0 unspecified atom stereocenters. The second-order valence-corrected chi connectivity index (χ2v) is 5.86. The molecule has 0 aromatic heterocycles. The van der Waals surface area contributed by atoms with Crippen molar-refractivity contribution >= 4 is 12.0 Å². The van der Waals surface area contributed by atoms with E-state index in [9.17, 15) is 4.79 Å². The first kappa shape index (κ1) is 17.4. The van der Waals surface area contributed by atoms with Crippen molar-refractivity contribution in [3.05, 3.63) is 29.8 Å². The summed E-state index contributed by atoms with van der Waals surface area (Å²) >= 11 is 0. The molecular formula is C19H27NO3. The van der Waals surface area contributed by atoms with Crippen molar-refractivity contribution in [2.24, 2.45) is 0 Å². The van der Waals surface area contributed by atoms with E-state index >= 15 is 0 Å². The number of fused-ring (bicyclic) bond motifs is 1. The van der Waals surface area contributed by atoms with Gasteiger partial charge in [0.1, 0.15) is 0 Å². The Bertz CT molecular complexity index is 525. The third-order valence-electron chi connectivity index (χ3n) is 3.90. The van der Waals surface area contributed by atoms with Gasteiger partial charge in [0.05, 0.1) is 0 Å². The van der Waals surface area contributed by atoms with Crippen molar-refractivity contribution in [1.29, 1.82) is 0 Å². The fourth-order valence-electron chi connectivity index (χ4n) is 2.54. The minimum atomic E-state index is -0.0475. The predicted octanol–water partition coefficient (Wildman–Crippen LogP) is 4.30. The van der Waals surface area contributed by atoms with Crippen LogP contribution in [0.5, 0.6) is 11.5 Å². The van der Waals surface area contributed by atoms with Gasteiger partial charge in [-0.25, -0.2) is 0 Å². The van der Waals surface area contributed by atoms with Crippen LogP contribution in [0, 0.1) is 0 Å².